The first-order valence-electron chi connectivity index (χ1n) is 9.38. The number of nitrogens with one attached hydrogen (secondary N) is 2. The Bertz CT molecular complexity index is 565. The highest BCUT2D eigenvalue weighted by atomic mass is 32.1. The third kappa shape index (κ3) is 5.69. The predicted octanol–water partition coefficient (Wildman–Crippen LogP) is 1.37. The summed E-state index contributed by atoms with van der Waals surface area (Å²) >= 11 is 1.52. The molecule has 2 saturated heterocycles. The van der Waals surface area contributed by atoms with Gasteiger partial charge in [-0.1, -0.05) is 0 Å². The number of carbonyl (C=O) groups is 2. The molecule has 0 aliphatic carbocycles. The molecule has 3 amide bonds. The van der Waals surface area contributed by atoms with Crippen molar-refractivity contribution in [3.8, 4) is 0 Å². The average molecular weight is 381 g/mol. The van der Waals surface area contributed by atoms with Gasteiger partial charge in [-0.05, 0) is 30.7 Å². The van der Waals surface area contributed by atoms with Crippen LogP contribution in [0, 0.1) is 0 Å². The lowest BCUT2D eigenvalue weighted by Gasteiger charge is -2.32. The highest BCUT2D eigenvalue weighted by Crippen LogP contribution is 2.12. The zero-order chi connectivity index (χ0) is 18.2. The van der Waals surface area contributed by atoms with E-state index in [2.05, 4.69) is 15.5 Å². The fraction of sp³-hybridized carbons (Fsp3) is 0.667. The first kappa shape index (κ1) is 19.1. The van der Waals surface area contributed by atoms with E-state index in [1.807, 2.05) is 21.7 Å². The van der Waals surface area contributed by atoms with Crippen LogP contribution in [-0.2, 0) is 4.74 Å². The third-order valence-electron chi connectivity index (χ3n) is 4.92. The van der Waals surface area contributed by atoms with Crippen LogP contribution in [0.1, 0.15) is 29.6 Å². The average Bonchev–Trinajstić information content (AvgIpc) is 3.07. The molecule has 3 rings (SSSR count). The SMILES string of the molecule is O=C(NC1CCN(C(=O)NCCN2CCCOCC2)CC1)c1ccsc1. The minimum Gasteiger partial charge on any atom is -0.380 e. The Balaban J connectivity index is 1.32. The minimum absolute atomic E-state index is 0.00122. The molecule has 0 radical (unpaired) electrons. The number of likely N-dealkylation sites (tertiary alicyclic amines) is 1. The number of carbonyl (C=O) groups excluding carboxylic acids is 2. The van der Waals surface area contributed by atoms with Crippen LogP contribution in [0.3, 0.4) is 0 Å². The molecule has 2 fully saturated rings. The Labute approximate surface area is 158 Å². The van der Waals surface area contributed by atoms with Crippen molar-refractivity contribution in [3.63, 3.8) is 0 Å². The number of hydrogen-bond donors (Lipinski definition) is 2. The van der Waals surface area contributed by atoms with Gasteiger partial charge in [-0.3, -0.25) is 9.69 Å². The second kappa shape index (κ2) is 9.89. The van der Waals surface area contributed by atoms with Crippen molar-refractivity contribution >= 4 is 23.3 Å². The maximum absolute atomic E-state index is 12.3. The molecule has 7 nitrogen and oxygen atoms in total. The molecular weight excluding hydrogens is 352 g/mol. The fourth-order valence-electron chi connectivity index (χ4n) is 3.34. The number of rotatable bonds is 5. The predicted molar refractivity (Wildman–Crippen MR) is 102 cm³/mol. The topological polar surface area (TPSA) is 73.9 Å². The normalized spacial score (nSPS) is 19.8. The molecule has 2 aliphatic heterocycles. The monoisotopic (exact) mass is 380 g/mol. The summed E-state index contributed by atoms with van der Waals surface area (Å²) in [4.78, 5) is 28.6. The molecule has 2 N–H and O–H groups in total. The Morgan fingerprint density at radius 1 is 1.19 bits per heavy atom. The van der Waals surface area contributed by atoms with E-state index in [1.54, 1.807) is 0 Å². The number of piperidine rings is 1. The van der Waals surface area contributed by atoms with Gasteiger partial charge in [0.15, 0.2) is 0 Å². The standard InChI is InChI=1S/C18H28N4O3S/c23-17(15-4-13-26-14-15)20-16-2-7-22(8-3-16)18(24)19-5-9-21-6-1-11-25-12-10-21/h4,13-14,16H,1-3,5-12H2,(H,19,24)(H,20,23). The summed E-state index contributed by atoms with van der Waals surface area (Å²) in [6.07, 6.45) is 2.65. The number of thiophene rings is 1. The summed E-state index contributed by atoms with van der Waals surface area (Å²) in [7, 11) is 0. The van der Waals surface area contributed by atoms with Crippen molar-refractivity contribution < 1.29 is 14.3 Å². The van der Waals surface area contributed by atoms with Gasteiger partial charge in [-0.15, -0.1) is 0 Å². The Morgan fingerprint density at radius 3 is 2.81 bits per heavy atom. The van der Waals surface area contributed by atoms with Crippen LogP contribution in [0.15, 0.2) is 16.8 Å². The van der Waals surface area contributed by atoms with Crippen LogP contribution in [0.25, 0.3) is 0 Å². The molecule has 0 saturated carbocycles. The van der Waals surface area contributed by atoms with Crippen molar-refractivity contribution in [1.82, 2.24) is 20.4 Å². The Morgan fingerprint density at radius 2 is 2.04 bits per heavy atom. The minimum atomic E-state index is -0.0180. The highest BCUT2D eigenvalue weighted by molar-refractivity contribution is 7.08. The lowest BCUT2D eigenvalue weighted by atomic mass is 10.0. The first-order valence-corrected chi connectivity index (χ1v) is 10.3. The van der Waals surface area contributed by atoms with Crippen molar-refractivity contribution in [1.29, 1.82) is 0 Å². The Hall–Kier alpha value is -1.64. The molecule has 0 spiro atoms. The molecule has 144 valence electrons. The van der Waals surface area contributed by atoms with E-state index in [4.69, 9.17) is 4.74 Å². The van der Waals surface area contributed by atoms with Gasteiger partial charge >= 0.3 is 6.03 Å². The van der Waals surface area contributed by atoms with E-state index in [9.17, 15) is 9.59 Å². The second-order valence-corrected chi connectivity index (χ2v) is 7.57. The van der Waals surface area contributed by atoms with E-state index in [-0.39, 0.29) is 18.0 Å². The van der Waals surface area contributed by atoms with E-state index in [0.29, 0.717) is 25.2 Å². The first-order chi connectivity index (χ1) is 12.7. The largest absolute Gasteiger partial charge is 0.380 e. The van der Waals surface area contributed by atoms with Gasteiger partial charge < -0.3 is 20.3 Å². The van der Waals surface area contributed by atoms with Crippen LogP contribution >= 0.6 is 11.3 Å². The van der Waals surface area contributed by atoms with Crippen LogP contribution in [0.5, 0.6) is 0 Å². The zero-order valence-electron chi connectivity index (χ0n) is 15.1. The van der Waals surface area contributed by atoms with Gasteiger partial charge in [0.2, 0.25) is 0 Å². The molecule has 0 unspecified atom stereocenters. The molecule has 3 heterocycles. The number of amides is 3. The fourth-order valence-corrected chi connectivity index (χ4v) is 3.98. The number of hydrogen-bond acceptors (Lipinski definition) is 5. The Kier molecular flexibility index (Phi) is 7.28. The summed E-state index contributed by atoms with van der Waals surface area (Å²) in [6.45, 7) is 6.46. The summed E-state index contributed by atoms with van der Waals surface area (Å²) in [6, 6.07) is 1.97. The van der Waals surface area contributed by atoms with E-state index >= 15 is 0 Å². The highest BCUT2D eigenvalue weighted by Gasteiger charge is 2.24. The zero-order valence-corrected chi connectivity index (χ0v) is 15.9. The molecule has 1 aromatic heterocycles. The molecule has 26 heavy (non-hydrogen) atoms. The lowest BCUT2D eigenvalue weighted by molar-refractivity contribution is 0.0918. The van der Waals surface area contributed by atoms with Gasteiger partial charge in [0.25, 0.3) is 5.91 Å². The lowest BCUT2D eigenvalue weighted by Crippen LogP contribution is -2.50. The van der Waals surface area contributed by atoms with Gasteiger partial charge in [0, 0.05) is 62.9 Å². The molecule has 2 aliphatic rings. The summed E-state index contributed by atoms with van der Waals surface area (Å²) in [5.74, 6) is -0.0180. The quantitative estimate of drug-likeness (QED) is 0.809. The van der Waals surface area contributed by atoms with Crippen molar-refractivity contribution in [2.75, 3.05) is 52.5 Å². The van der Waals surface area contributed by atoms with Crippen LogP contribution in [-0.4, -0.2) is 80.3 Å². The van der Waals surface area contributed by atoms with Gasteiger partial charge in [0.05, 0.1) is 6.61 Å². The van der Waals surface area contributed by atoms with Crippen LogP contribution < -0.4 is 10.6 Å². The third-order valence-corrected chi connectivity index (χ3v) is 5.60. The van der Waals surface area contributed by atoms with Crippen molar-refractivity contribution in [2.24, 2.45) is 0 Å². The van der Waals surface area contributed by atoms with Crippen molar-refractivity contribution in [2.45, 2.75) is 25.3 Å². The second-order valence-electron chi connectivity index (χ2n) is 6.79. The summed E-state index contributed by atoms with van der Waals surface area (Å²) in [5, 5.41) is 9.84. The van der Waals surface area contributed by atoms with Gasteiger partial charge in [-0.25, -0.2) is 4.79 Å². The number of urea groups is 1. The van der Waals surface area contributed by atoms with Crippen LogP contribution in [0.2, 0.25) is 0 Å². The maximum atomic E-state index is 12.3. The smallest absolute Gasteiger partial charge is 0.317 e. The van der Waals surface area contributed by atoms with Gasteiger partial charge in [-0.2, -0.15) is 11.3 Å². The maximum Gasteiger partial charge on any atom is 0.317 e. The molecule has 0 bridgehead atoms. The van der Waals surface area contributed by atoms with Crippen LogP contribution in [0.4, 0.5) is 4.79 Å². The van der Waals surface area contributed by atoms with Crippen molar-refractivity contribution in [3.05, 3.63) is 22.4 Å². The molecule has 0 atom stereocenters. The number of nitrogens with zero attached hydrogens (tertiary/aromatic N) is 2. The molecular formula is C18H28N4O3S. The van der Waals surface area contributed by atoms with E-state index in [0.717, 1.165) is 52.1 Å². The molecule has 1 aromatic rings. The summed E-state index contributed by atoms with van der Waals surface area (Å²) < 4.78 is 5.44. The summed E-state index contributed by atoms with van der Waals surface area (Å²) in [5.41, 5.74) is 0.717. The van der Waals surface area contributed by atoms with E-state index < -0.39 is 0 Å². The molecule has 8 heteroatoms. The number of ether oxygens (including phenoxy) is 1. The van der Waals surface area contributed by atoms with E-state index in [1.165, 1.54) is 11.3 Å². The van der Waals surface area contributed by atoms with Gasteiger partial charge in [0.1, 0.15) is 0 Å². The molecule has 0 aromatic carbocycles.